The molecule has 1 aromatic heterocycles. The summed E-state index contributed by atoms with van der Waals surface area (Å²) in [5, 5.41) is 6.60. The van der Waals surface area contributed by atoms with Crippen molar-refractivity contribution in [1.29, 1.82) is 0 Å². The second-order valence-corrected chi connectivity index (χ2v) is 8.79. The van der Waals surface area contributed by atoms with Gasteiger partial charge in [-0.15, -0.1) is 0 Å². The Bertz CT molecular complexity index is 1060. The Kier molecular flexibility index (Phi) is 6.53. The van der Waals surface area contributed by atoms with Gasteiger partial charge in [-0.05, 0) is 48.2 Å². The molecule has 2 aromatic carbocycles. The van der Waals surface area contributed by atoms with Crippen LogP contribution in [0.3, 0.4) is 0 Å². The van der Waals surface area contributed by atoms with E-state index in [1.54, 1.807) is 6.07 Å². The van der Waals surface area contributed by atoms with Crippen molar-refractivity contribution in [2.24, 2.45) is 0 Å². The molecule has 1 amide bonds. The molecule has 6 heteroatoms. The fourth-order valence-corrected chi connectivity index (χ4v) is 4.67. The van der Waals surface area contributed by atoms with E-state index in [0.717, 1.165) is 44.1 Å². The van der Waals surface area contributed by atoms with Crippen LogP contribution in [0.5, 0.6) is 0 Å². The minimum absolute atomic E-state index is 0.143. The van der Waals surface area contributed by atoms with Crippen LogP contribution in [0.2, 0.25) is 0 Å². The fraction of sp³-hybridized carbons (Fsp3) is 0.333. The first-order chi connectivity index (χ1) is 16.3. The van der Waals surface area contributed by atoms with Crippen LogP contribution < -0.4 is 20.4 Å². The van der Waals surface area contributed by atoms with Gasteiger partial charge in [-0.1, -0.05) is 48.5 Å². The Balaban J connectivity index is 1.20. The predicted molar refractivity (Wildman–Crippen MR) is 133 cm³/mol. The minimum atomic E-state index is -0.143. The lowest BCUT2D eigenvalue weighted by atomic mass is 10.0. The molecule has 0 unspecified atom stereocenters. The van der Waals surface area contributed by atoms with Crippen LogP contribution in [-0.4, -0.2) is 43.6 Å². The number of amides is 1. The summed E-state index contributed by atoms with van der Waals surface area (Å²) < 4.78 is 0. The summed E-state index contributed by atoms with van der Waals surface area (Å²) in [6, 6.07) is 24.9. The molecule has 3 heterocycles. The van der Waals surface area contributed by atoms with Crippen molar-refractivity contribution < 1.29 is 4.79 Å². The van der Waals surface area contributed by atoms with Gasteiger partial charge in [0.1, 0.15) is 11.5 Å². The highest BCUT2D eigenvalue weighted by atomic mass is 16.1. The number of nitrogens with one attached hydrogen (secondary N) is 2. The number of pyridine rings is 1. The monoisotopic (exact) mass is 441 g/mol. The Morgan fingerprint density at radius 3 is 2.48 bits per heavy atom. The normalized spacial score (nSPS) is 18.4. The molecule has 2 saturated heterocycles. The number of nitrogens with zero attached hydrogens (tertiary/aromatic N) is 3. The standard InChI is InChI=1S/C27H31N5O/c33-27(29-19-21-11-13-23(14-12-21)31-16-4-5-17-31)24-9-6-10-26(30-24)32-18-15-28-25(20-32)22-7-2-1-3-8-22/h1-3,6-14,25,28H,4-5,15-20H2,(H,29,33)/t25-/m1/s1. The molecule has 0 radical (unpaired) electrons. The van der Waals surface area contributed by atoms with Gasteiger partial charge in [0.15, 0.2) is 0 Å². The maximum atomic E-state index is 12.8. The average molecular weight is 442 g/mol. The molecule has 0 saturated carbocycles. The Labute approximate surface area is 195 Å². The number of hydrogen-bond donors (Lipinski definition) is 2. The lowest BCUT2D eigenvalue weighted by molar-refractivity contribution is 0.0946. The van der Waals surface area contributed by atoms with Crippen molar-refractivity contribution in [2.45, 2.75) is 25.4 Å². The van der Waals surface area contributed by atoms with E-state index in [9.17, 15) is 4.79 Å². The summed E-state index contributed by atoms with van der Waals surface area (Å²) in [6.45, 7) is 5.34. The summed E-state index contributed by atoms with van der Waals surface area (Å²) in [4.78, 5) is 22.1. The van der Waals surface area contributed by atoms with E-state index in [1.165, 1.54) is 24.1 Å². The average Bonchev–Trinajstić information content (AvgIpc) is 3.43. The number of piperazine rings is 1. The number of hydrogen-bond acceptors (Lipinski definition) is 5. The summed E-state index contributed by atoms with van der Waals surface area (Å²) in [6.07, 6.45) is 2.54. The first-order valence-corrected chi connectivity index (χ1v) is 11.9. The molecule has 0 aliphatic carbocycles. The zero-order valence-corrected chi connectivity index (χ0v) is 18.9. The summed E-state index contributed by atoms with van der Waals surface area (Å²) in [5.41, 5.74) is 4.08. The molecule has 3 aromatic rings. The second-order valence-electron chi connectivity index (χ2n) is 8.79. The Hall–Kier alpha value is -3.38. The van der Waals surface area contributed by atoms with Gasteiger partial charge in [0.05, 0.1) is 0 Å². The molecule has 0 bridgehead atoms. The minimum Gasteiger partial charge on any atom is -0.372 e. The van der Waals surface area contributed by atoms with Gasteiger partial charge >= 0.3 is 0 Å². The van der Waals surface area contributed by atoms with Gasteiger partial charge in [-0.25, -0.2) is 4.98 Å². The Morgan fingerprint density at radius 2 is 1.70 bits per heavy atom. The quantitative estimate of drug-likeness (QED) is 0.610. The van der Waals surface area contributed by atoms with Gasteiger partial charge in [0, 0.05) is 51.0 Å². The lowest BCUT2D eigenvalue weighted by Crippen LogP contribution is -2.46. The molecule has 170 valence electrons. The smallest absolute Gasteiger partial charge is 0.270 e. The summed E-state index contributed by atoms with van der Waals surface area (Å²) in [5.74, 6) is 0.704. The SMILES string of the molecule is O=C(NCc1ccc(N2CCCC2)cc1)c1cccc(N2CCN[C@@H](c3ccccc3)C2)n1. The van der Waals surface area contributed by atoms with Crippen LogP contribution in [0.15, 0.2) is 72.8 Å². The van der Waals surface area contributed by atoms with E-state index in [4.69, 9.17) is 0 Å². The van der Waals surface area contributed by atoms with E-state index in [2.05, 4.69) is 73.9 Å². The van der Waals surface area contributed by atoms with Gasteiger partial charge in [-0.3, -0.25) is 4.79 Å². The number of aromatic nitrogens is 1. The molecule has 33 heavy (non-hydrogen) atoms. The number of benzene rings is 2. The Morgan fingerprint density at radius 1 is 0.909 bits per heavy atom. The van der Waals surface area contributed by atoms with Gasteiger partial charge in [0.25, 0.3) is 5.91 Å². The van der Waals surface area contributed by atoms with Crippen molar-refractivity contribution in [2.75, 3.05) is 42.5 Å². The topological polar surface area (TPSA) is 60.5 Å². The second kappa shape index (κ2) is 10.0. The number of anilines is 2. The fourth-order valence-electron chi connectivity index (χ4n) is 4.67. The van der Waals surface area contributed by atoms with Crippen LogP contribution in [0, 0.1) is 0 Å². The largest absolute Gasteiger partial charge is 0.372 e. The first kappa shape index (κ1) is 21.5. The zero-order valence-electron chi connectivity index (χ0n) is 18.9. The molecule has 1 atom stereocenters. The maximum Gasteiger partial charge on any atom is 0.270 e. The van der Waals surface area contributed by atoms with E-state index in [1.807, 2.05) is 18.2 Å². The predicted octanol–water partition coefficient (Wildman–Crippen LogP) is 3.76. The van der Waals surface area contributed by atoms with Crippen molar-refractivity contribution in [3.8, 4) is 0 Å². The van der Waals surface area contributed by atoms with E-state index in [-0.39, 0.29) is 11.9 Å². The zero-order chi connectivity index (χ0) is 22.5. The molecular weight excluding hydrogens is 410 g/mol. The summed E-state index contributed by atoms with van der Waals surface area (Å²) in [7, 11) is 0. The van der Waals surface area contributed by atoms with Crippen LogP contribution in [0.25, 0.3) is 0 Å². The van der Waals surface area contributed by atoms with Crippen molar-refractivity contribution in [1.82, 2.24) is 15.6 Å². The molecule has 0 spiro atoms. The third-order valence-corrected chi connectivity index (χ3v) is 6.53. The molecular formula is C27H31N5O. The third-order valence-electron chi connectivity index (χ3n) is 6.53. The van der Waals surface area contributed by atoms with Crippen LogP contribution in [0.1, 0.15) is 40.5 Å². The van der Waals surface area contributed by atoms with Crippen molar-refractivity contribution >= 4 is 17.4 Å². The van der Waals surface area contributed by atoms with Crippen LogP contribution >= 0.6 is 0 Å². The molecule has 2 aliphatic heterocycles. The maximum absolute atomic E-state index is 12.8. The highest BCUT2D eigenvalue weighted by Crippen LogP contribution is 2.22. The third kappa shape index (κ3) is 5.17. The van der Waals surface area contributed by atoms with Crippen LogP contribution in [-0.2, 0) is 6.54 Å². The van der Waals surface area contributed by atoms with Gasteiger partial charge < -0.3 is 20.4 Å². The highest BCUT2D eigenvalue weighted by Gasteiger charge is 2.22. The summed E-state index contributed by atoms with van der Waals surface area (Å²) >= 11 is 0. The van der Waals surface area contributed by atoms with Crippen molar-refractivity contribution in [3.05, 3.63) is 89.6 Å². The number of carbonyl (C=O) groups excluding carboxylic acids is 1. The van der Waals surface area contributed by atoms with Crippen LogP contribution in [0.4, 0.5) is 11.5 Å². The first-order valence-electron chi connectivity index (χ1n) is 11.9. The molecule has 2 aliphatic rings. The number of carbonyl (C=O) groups is 1. The van der Waals surface area contributed by atoms with E-state index >= 15 is 0 Å². The van der Waals surface area contributed by atoms with E-state index < -0.39 is 0 Å². The molecule has 2 fully saturated rings. The molecule has 2 N–H and O–H groups in total. The highest BCUT2D eigenvalue weighted by molar-refractivity contribution is 5.92. The van der Waals surface area contributed by atoms with Gasteiger partial charge in [0.2, 0.25) is 0 Å². The lowest BCUT2D eigenvalue weighted by Gasteiger charge is -2.35. The number of rotatable bonds is 6. The molecule has 5 rings (SSSR count). The van der Waals surface area contributed by atoms with Gasteiger partial charge in [-0.2, -0.15) is 0 Å². The molecule has 6 nitrogen and oxygen atoms in total. The van der Waals surface area contributed by atoms with E-state index in [0.29, 0.717) is 12.2 Å². The van der Waals surface area contributed by atoms with Crippen molar-refractivity contribution in [3.63, 3.8) is 0 Å².